The molecular weight excluding hydrogens is 318 g/mol. The molecule has 0 saturated heterocycles. The molecule has 24 heavy (non-hydrogen) atoms. The van der Waals surface area contributed by atoms with Crippen molar-refractivity contribution in [2.75, 3.05) is 6.54 Å². The fourth-order valence-electron chi connectivity index (χ4n) is 2.15. The van der Waals surface area contributed by atoms with Gasteiger partial charge in [-0.3, -0.25) is 15.6 Å². The van der Waals surface area contributed by atoms with E-state index in [9.17, 15) is 4.79 Å². The molecule has 2 rings (SSSR count). The third-order valence-electron chi connectivity index (χ3n) is 3.55. The Hall–Kier alpha value is -2.40. The average Bonchev–Trinajstić information content (AvgIpc) is 2.60. The molecule has 0 saturated carbocycles. The summed E-state index contributed by atoms with van der Waals surface area (Å²) < 4.78 is 0. The molecule has 2 aromatic carbocycles. The summed E-state index contributed by atoms with van der Waals surface area (Å²) in [5.41, 5.74) is 8.10. The van der Waals surface area contributed by atoms with E-state index in [4.69, 9.17) is 12.2 Å². The lowest BCUT2D eigenvalue weighted by Crippen LogP contribution is -2.47. The zero-order valence-electron chi connectivity index (χ0n) is 14.0. The molecule has 3 N–H and O–H groups in total. The van der Waals surface area contributed by atoms with Crippen LogP contribution < -0.4 is 16.2 Å². The molecule has 0 aromatic heterocycles. The van der Waals surface area contributed by atoms with Crippen LogP contribution in [0.3, 0.4) is 0 Å². The second kappa shape index (κ2) is 9.03. The zero-order valence-corrected chi connectivity index (χ0v) is 14.8. The monoisotopic (exact) mass is 341 g/mol. The van der Waals surface area contributed by atoms with Crippen LogP contribution in [-0.2, 0) is 0 Å². The van der Waals surface area contributed by atoms with E-state index in [1.165, 1.54) is 0 Å². The average molecular weight is 341 g/mol. The summed E-state index contributed by atoms with van der Waals surface area (Å²) in [5.74, 6) is 0.389. The fourth-order valence-corrected chi connectivity index (χ4v) is 2.30. The van der Waals surface area contributed by atoms with Crippen molar-refractivity contribution in [2.45, 2.75) is 20.3 Å². The lowest BCUT2D eigenvalue weighted by atomic mass is 10.0. The van der Waals surface area contributed by atoms with Gasteiger partial charge < -0.3 is 5.32 Å². The van der Waals surface area contributed by atoms with Gasteiger partial charge in [0.1, 0.15) is 0 Å². The number of benzene rings is 2. The van der Waals surface area contributed by atoms with Gasteiger partial charge in [-0.1, -0.05) is 56.3 Å². The van der Waals surface area contributed by atoms with Crippen LogP contribution in [0.25, 0.3) is 11.1 Å². The molecule has 5 heteroatoms. The molecule has 0 aliphatic heterocycles. The van der Waals surface area contributed by atoms with E-state index in [1.807, 2.05) is 42.5 Å². The van der Waals surface area contributed by atoms with Crippen LogP contribution in [0.2, 0.25) is 0 Å². The van der Waals surface area contributed by atoms with Crippen LogP contribution in [0.15, 0.2) is 54.6 Å². The highest BCUT2D eigenvalue weighted by atomic mass is 32.1. The molecule has 0 fully saturated rings. The van der Waals surface area contributed by atoms with Crippen molar-refractivity contribution in [2.24, 2.45) is 5.92 Å². The molecule has 0 radical (unpaired) electrons. The SMILES string of the molecule is CC(C)CCNC(=S)NNC(=O)c1ccc(-c2ccccc2)cc1. The highest BCUT2D eigenvalue weighted by Gasteiger charge is 2.06. The van der Waals surface area contributed by atoms with Gasteiger partial charge >= 0.3 is 0 Å². The summed E-state index contributed by atoms with van der Waals surface area (Å²) in [6.07, 6.45) is 1.02. The first-order valence-electron chi connectivity index (χ1n) is 8.06. The fraction of sp³-hybridized carbons (Fsp3) is 0.263. The Kier molecular flexibility index (Phi) is 6.75. The van der Waals surface area contributed by atoms with Gasteiger partial charge in [-0.25, -0.2) is 0 Å². The molecule has 0 aliphatic carbocycles. The number of hydrazine groups is 1. The van der Waals surface area contributed by atoms with Gasteiger partial charge in [0.2, 0.25) is 0 Å². The van der Waals surface area contributed by atoms with Gasteiger partial charge in [-0.05, 0) is 47.8 Å². The maximum absolute atomic E-state index is 12.1. The van der Waals surface area contributed by atoms with Crippen molar-refractivity contribution in [3.8, 4) is 11.1 Å². The number of thiocarbonyl (C=S) groups is 1. The molecule has 0 spiro atoms. The molecule has 0 atom stereocenters. The Morgan fingerprint density at radius 1 is 0.958 bits per heavy atom. The van der Waals surface area contributed by atoms with Crippen LogP contribution in [0.5, 0.6) is 0 Å². The first-order valence-corrected chi connectivity index (χ1v) is 8.47. The number of rotatable bonds is 5. The summed E-state index contributed by atoms with van der Waals surface area (Å²) in [7, 11) is 0. The summed E-state index contributed by atoms with van der Waals surface area (Å²) in [6.45, 7) is 5.09. The molecule has 0 bridgehead atoms. The van der Waals surface area contributed by atoms with Crippen LogP contribution in [0, 0.1) is 5.92 Å². The van der Waals surface area contributed by atoms with Gasteiger partial charge in [-0.15, -0.1) is 0 Å². The number of nitrogens with one attached hydrogen (secondary N) is 3. The largest absolute Gasteiger partial charge is 0.361 e. The van der Waals surface area contributed by atoms with Crippen molar-refractivity contribution in [1.82, 2.24) is 16.2 Å². The zero-order chi connectivity index (χ0) is 17.4. The van der Waals surface area contributed by atoms with Crippen molar-refractivity contribution < 1.29 is 4.79 Å². The summed E-state index contributed by atoms with van der Waals surface area (Å²) in [4.78, 5) is 12.1. The number of amides is 1. The molecule has 2 aromatic rings. The number of carbonyl (C=O) groups excluding carboxylic acids is 1. The lowest BCUT2D eigenvalue weighted by Gasteiger charge is -2.12. The third-order valence-corrected chi connectivity index (χ3v) is 3.80. The Bertz CT molecular complexity index is 669. The van der Waals surface area contributed by atoms with Gasteiger partial charge in [0.25, 0.3) is 5.91 Å². The molecule has 0 unspecified atom stereocenters. The molecule has 0 aliphatic rings. The summed E-state index contributed by atoms with van der Waals surface area (Å²) in [5, 5.41) is 3.48. The van der Waals surface area contributed by atoms with Crippen LogP contribution in [0.1, 0.15) is 30.6 Å². The Morgan fingerprint density at radius 3 is 2.21 bits per heavy atom. The first-order chi connectivity index (χ1) is 11.6. The maximum Gasteiger partial charge on any atom is 0.269 e. The van der Waals surface area contributed by atoms with E-state index in [1.54, 1.807) is 12.1 Å². The lowest BCUT2D eigenvalue weighted by molar-refractivity contribution is 0.0943. The van der Waals surface area contributed by atoms with Gasteiger partial charge in [-0.2, -0.15) is 0 Å². The summed E-state index contributed by atoms with van der Waals surface area (Å²) >= 11 is 5.12. The topological polar surface area (TPSA) is 53.2 Å². The van der Waals surface area contributed by atoms with Crippen LogP contribution in [-0.4, -0.2) is 17.6 Å². The third kappa shape index (κ3) is 5.66. The molecule has 1 amide bonds. The van der Waals surface area contributed by atoms with Crippen molar-refractivity contribution in [3.63, 3.8) is 0 Å². The van der Waals surface area contributed by atoms with E-state index in [-0.39, 0.29) is 5.91 Å². The van der Waals surface area contributed by atoms with Crippen molar-refractivity contribution >= 4 is 23.2 Å². The first kappa shape index (κ1) is 17.9. The Morgan fingerprint density at radius 2 is 1.58 bits per heavy atom. The minimum Gasteiger partial charge on any atom is -0.361 e. The Balaban J connectivity index is 1.83. The van der Waals surface area contributed by atoms with E-state index in [2.05, 4.69) is 30.0 Å². The standard InChI is InChI=1S/C19H23N3OS/c1-14(2)12-13-20-19(24)22-21-18(23)17-10-8-16(9-11-17)15-6-4-3-5-7-15/h3-11,14H,12-13H2,1-2H3,(H,21,23)(H2,20,22,24). The maximum atomic E-state index is 12.1. The van der Waals surface area contributed by atoms with Gasteiger partial charge in [0.15, 0.2) is 5.11 Å². The second-order valence-corrected chi connectivity index (χ2v) is 6.37. The van der Waals surface area contributed by atoms with Crippen molar-refractivity contribution in [1.29, 1.82) is 0 Å². The quantitative estimate of drug-likeness (QED) is 0.575. The van der Waals surface area contributed by atoms with E-state index < -0.39 is 0 Å². The van der Waals surface area contributed by atoms with E-state index >= 15 is 0 Å². The predicted octanol–water partition coefficient (Wildman–Crippen LogP) is 3.51. The molecular formula is C19H23N3OS. The van der Waals surface area contributed by atoms with E-state index in [0.29, 0.717) is 16.6 Å². The van der Waals surface area contributed by atoms with Gasteiger partial charge in [0, 0.05) is 12.1 Å². The highest BCUT2D eigenvalue weighted by molar-refractivity contribution is 7.80. The Labute approximate surface area is 148 Å². The predicted molar refractivity (Wildman–Crippen MR) is 103 cm³/mol. The summed E-state index contributed by atoms with van der Waals surface area (Å²) in [6, 6.07) is 17.5. The number of carbonyl (C=O) groups is 1. The minimum atomic E-state index is -0.220. The smallest absolute Gasteiger partial charge is 0.269 e. The molecule has 4 nitrogen and oxygen atoms in total. The van der Waals surface area contributed by atoms with Crippen LogP contribution >= 0.6 is 12.2 Å². The highest BCUT2D eigenvalue weighted by Crippen LogP contribution is 2.19. The second-order valence-electron chi connectivity index (χ2n) is 5.96. The number of hydrogen-bond donors (Lipinski definition) is 3. The van der Waals surface area contributed by atoms with Crippen molar-refractivity contribution in [3.05, 3.63) is 60.2 Å². The van der Waals surface area contributed by atoms with Crippen LogP contribution in [0.4, 0.5) is 0 Å². The molecule has 126 valence electrons. The van der Waals surface area contributed by atoms with Gasteiger partial charge in [0.05, 0.1) is 0 Å². The molecule has 0 heterocycles. The minimum absolute atomic E-state index is 0.220. The van der Waals surface area contributed by atoms with E-state index in [0.717, 1.165) is 24.1 Å². The number of hydrogen-bond acceptors (Lipinski definition) is 2. The normalized spacial score (nSPS) is 10.3.